The number of fused-ring (bicyclic) bond motifs is 2. The van der Waals surface area contributed by atoms with Gasteiger partial charge in [-0.2, -0.15) is 0 Å². The van der Waals surface area contributed by atoms with Crippen LogP contribution in [-0.4, -0.2) is 44.2 Å². The molecular formula is C32H20Br2N2O6. The lowest BCUT2D eigenvalue weighted by molar-refractivity contribution is 0.0695. The number of carboxylic acid groups (broad SMARTS) is 2. The van der Waals surface area contributed by atoms with Crippen LogP contribution in [-0.2, 0) is 0 Å². The largest absolute Gasteiger partial charge is 0.493 e. The maximum atomic E-state index is 12.4. The van der Waals surface area contributed by atoms with E-state index < -0.39 is 23.7 Å². The molecule has 0 aliphatic rings. The Labute approximate surface area is 254 Å². The molecule has 0 fully saturated rings. The smallest absolute Gasteiger partial charge is 0.336 e. The molecule has 0 atom stereocenters. The summed E-state index contributed by atoms with van der Waals surface area (Å²) in [6, 6.07) is 13.3. The predicted molar refractivity (Wildman–Crippen MR) is 171 cm³/mol. The topological polar surface area (TPSA) is 163 Å². The standard InChI is InChI=1S/C32H20Br2N2O6/c1-11-7-12(2)9-13(8-11)20-27(30(36)38)25-16(29(35)37)5-3-14-22-19(33)10-18(32(41)42)21-17(31(39)40)6-4-15(23(21)22)26(24(14)25)28(20)34/h3-10H,1-2H3,(H2,35,37)(H2,36,38)(H,39,40)(H,41,42). The second-order valence-electron chi connectivity index (χ2n) is 10.2. The molecule has 0 bridgehead atoms. The minimum atomic E-state index is -1.29. The Morgan fingerprint density at radius 3 is 1.71 bits per heavy atom. The summed E-state index contributed by atoms with van der Waals surface area (Å²) >= 11 is 7.28. The molecule has 6 N–H and O–H groups in total. The van der Waals surface area contributed by atoms with E-state index in [9.17, 15) is 30.0 Å². The van der Waals surface area contributed by atoms with Crippen LogP contribution in [0.4, 0.5) is 0 Å². The van der Waals surface area contributed by atoms with Crippen molar-refractivity contribution in [2.24, 2.45) is 0 Å². The Hall–Kier alpha value is -4.54. The Kier molecular flexibility index (Phi) is 6.25. The van der Waals surface area contributed by atoms with Gasteiger partial charge in [-0.05, 0) is 64.3 Å². The lowest BCUT2D eigenvalue weighted by Crippen LogP contribution is -2.09. The van der Waals surface area contributed by atoms with Crippen molar-refractivity contribution < 1.29 is 30.0 Å². The van der Waals surface area contributed by atoms with E-state index >= 15 is 0 Å². The summed E-state index contributed by atoms with van der Waals surface area (Å²) in [5.41, 5.74) is 2.78. The zero-order valence-corrected chi connectivity index (χ0v) is 25.2. The van der Waals surface area contributed by atoms with Crippen LogP contribution in [0.2, 0.25) is 0 Å². The Bertz CT molecular complexity index is 2240. The number of halogens is 2. The van der Waals surface area contributed by atoms with Crippen molar-refractivity contribution in [2.75, 3.05) is 0 Å². The molecule has 6 rings (SSSR count). The van der Waals surface area contributed by atoms with Crippen molar-refractivity contribution in [3.8, 4) is 11.1 Å². The monoisotopic (exact) mass is 686 g/mol. The highest BCUT2D eigenvalue weighted by Gasteiger charge is 2.30. The minimum absolute atomic E-state index is 0.0577. The summed E-state index contributed by atoms with van der Waals surface area (Å²) < 4.78 is 0.869. The van der Waals surface area contributed by atoms with Gasteiger partial charge < -0.3 is 20.4 Å². The molecule has 0 unspecified atom stereocenters. The van der Waals surface area contributed by atoms with Crippen LogP contribution in [0, 0.1) is 24.7 Å². The fourth-order valence-corrected chi connectivity index (χ4v) is 7.71. The fourth-order valence-electron chi connectivity index (χ4n) is 6.23. The summed E-state index contributed by atoms with van der Waals surface area (Å²) in [4.78, 5) is 24.7. The van der Waals surface area contributed by atoms with Gasteiger partial charge in [-0.3, -0.25) is 10.8 Å². The first-order valence-corrected chi connectivity index (χ1v) is 14.1. The summed E-state index contributed by atoms with van der Waals surface area (Å²) in [5.74, 6) is -4.10. The van der Waals surface area contributed by atoms with E-state index in [2.05, 4.69) is 31.9 Å². The molecule has 0 saturated carbocycles. The van der Waals surface area contributed by atoms with Gasteiger partial charge in [0, 0.05) is 52.4 Å². The third-order valence-corrected chi connectivity index (χ3v) is 9.05. The highest BCUT2D eigenvalue weighted by molar-refractivity contribution is 9.11. The van der Waals surface area contributed by atoms with Crippen LogP contribution < -0.4 is 0 Å². The van der Waals surface area contributed by atoms with Gasteiger partial charge in [-0.25, -0.2) is 9.59 Å². The zero-order chi connectivity index (χ0) is 30.4. The molecule has 42 heavy (non-hydrogen) atoms. The van der Waals surface area contributed by atoms with Gasteiger partial charge in [-0.15, -0.1) is 0 Å². The van der Waals surface area contributed by atoms with E-state index in [-0.39, 0.29) is 33.0 Å². The van der Waals surface area contributed by atoms with Gasteiger partial charge in [-0.1, -0.05) is 57.4 Å². The van der Waals surface area contributed by atoms with E-state index in [1.807, 2.05) is 32.0 Å². The molecule has 0 aromatic heterocycles. The zero-order valence-electron chi connectivity index (χ0n) is 22.0. The summed E-state index contributed by atoms with van der Waals surface area (Å²) in [5, 5.41) is 61.5. The van der Waals surface area contributed by atoms with E-state index in [1.54, 1.807) is 12.1 Å². The van der Waals surface area contributed by atoms with Gasteiger partial charge >= 0.3 is 11.9 Å². The van der Waals surface area contributed by atoms with Crippen molar-refractivity contribution >= 4 is 98.7 Å². The van der Waals surface area contributed by atoms with Crippen LogP contribution in [0.3, 0.4) is 0 Å². The van der Waals surface area contributed by atoms with Crippen LogP contribution in [0.5, 0.6) is 0 Å². The van der Waals surface area contributed by atoms with Crippen LogP contribution in [0.15, 0.2) is 57.5 Å². The molecule has 0 spiro atoms. The molecule has 0 aliphatic heterocycles. The van der Waals surface area contributed by atoms with Crippen molar-refractivity contribution in [3.05, 3.63) is 90.9 Å². The van der Waals surface area contributed by atoms with Crippen molar-refractivity contribution in [3.63, 3.8) is 0 Å². The molecule has 208 valence electrons. The maximum absolute atomic E-state index is 12.4. The number of benzene rings is 6. The van der Waals surface area contributed by atoms with Crippen molar-refractivity contribution in [1.82, 2.24) is 0 Å². The highest BCUT2D eigenvalue weighted by atomic mass is 79.9. The summed E-state index contributed by atoms with van der Waals surface area (Å²) in [6.45, 7) is 3.84. The Balaban J connectivity index is 2.06. The van der Waals surface area contributed by atoms with E-state index in [4.69, 9.17) is 10.8 Å². The number of carbonyl (C=O) groups is 2. The number of nitrogens with one attached hydrogen (secondary N) is 2. The first-order chi connectivity index (χ1) is 19.8. The van der Waals surface area contributed by atoms with Gasteiger partial charge in [0.15, 0.2) is 0 Å². The average molecular weight is 688 g/mol. The molecular weight excluding hydrogens is 668 g/mol. The lowest BCUT2D eigenvalue weighted by atomic mass is 9.81. The Morgan fingerprint density at radius 2 is 1.17 bits per heavy atom. The van der Waals surface area contributed by atoms with Crippen molar-refractivity contribution in [2.45, 2.75) is 13.8 Å². The average Bonchev–Trinajstić information content (AvgIpc) is 2.90. The minimum Gasteiger partial charge on any atom is -0.493 e. The second kappa shape index (κ2) is 9.50. The maximum Gasteiger partial charge on any atom is 0.336 e. The van der Waals surface area contributed by atoms with Crippen molar-refractivity contribution in [1.29, 1.82) is 10.8 Å². The Morgan fingerprint density at radius 1 is 0.619 bits per heavy atom. The SMILES string of the molecule is Cc1cc(C)cc(-c2c(C(=N)O)c3c(C(=N)O)ccc4c5c(Br)cc(C(=O)O)c6c(C(=O)O)ccc(c(c2Br)c34)c65)c1. The molecule has 6 aromatic rings. The molecule has 0 amide bonds. The van der Waals surface area contributed by atoms with E-state index in [0.29, 0.717) is 52.4 Å². The highest BCUT2D eigenvalue weighted by Crippen LogP contribution is 2.51. The quantitative estimate of drug-likeness (QED) is 0.0459. The van der Waals surface area contributed by atoms with Gasteiger partial charge in [0.1, 0.15) is 0 Å². The number of hydrogen-bond acceptors (Lipinski definition) is 4. The van der Waals surface area contributed by atoms with Gasteiger partial charge in [0.05, 0.1) is 16.7 Å². The number of carboxylic acids is 2. The number of aromatic carboxylic acids is 2. The number of aliphatic hydroxyl groups is 2. The normalized spacial score (nSPS) is 11.6. The fraction of sp³-hybridized carbons (Fsp3) is 0.0625. The molecule has 10 heteroatoms. The molecule has 0 aliphatic carbocycles. The third-order valence-electron chi connectivity index (χ3n) is 7.63. The molecule has 8 nitrogen and oxygen atoms in total. The lowest BCUT2D eigenvalue weighted by Gasteiger charge is -2.24. The first-order valence-electron chi connectivity index (χ1n) is 12.6. The number of rotatable bonds is 5. The number of aliphatic hydroxyl groups excluding tert-OH is 2. The summed E-state index contributed by atoms with van der Waals surface area (Å²) in [7, 11) is 0. The van der Waals surface area contributed by atoms with Crippen LogP contribution in [0.1, 0.15) is 43.0 Å². The molecule has 6 aromatic carbocycles. The molecule has 0 radical (unpaired) electrons. The van der Waals surface area contributed by atoms with Crippen LogP contribution >= 0.6 is 31.9 Å². The number of aryl methyl sites for hydroxylation is 2. The summed E-state index contributed by atoms with van der Waals surface area (Å²) in [6.07, 6.45) is 0. The van der Waals surface area contributed by atoms with Gasteiger partial charge in [0.2, 0.25) is 11.8 Å². The molecule has 0 heterocycles. The molecule has 0 saturated heterocycles. The predicted octanol–water partition coefficient (Wildman–Crippen LogP) is 8.71. The number of hydrogen-bond donors (Lipinski definition) is 6. The third kappa shape index (κ3) is 3.79. The van der Waals surface area contributed by atoms with Gasteiger partial charge in [0.25, 0.3) is 0 Å². The van der Waals surface area contributed by atoms with Crippen LogP contribution in [0.25, 0.3) is 54.2 Å². The van der Waals surface area contributed by atoms with E-state index in [0.717, 1.165) is 11.1 Å². The second-order valence-corrected chi connectivity index (χ2v) is 11.9. The van der Waals surface area contributed by atoms with E-state index in [1.165, 1.54) is 18.2 Å². The first kappa shape index (κ1) is 27.6.